The smallest absolute Gasteiger partial charge is 0.231 e. The Bertz CT molecular complexity index is 1230. The van der Waals surface area contributed by atoms with Crippen molar-refractivity contribution in [1.29, 1.82) is 0 Å². The lowest BCUT2D eigenvalue weighted by atomic mass is 9.93. The normalized spacial score (nSPS) is 16.1. The fourth-order valence-corrected chi connectivity index (χ4v) is 5.62. The summed E-state index contributed by atoms with van der Waals surface area (Å²) in [4.78, 5) is 28.4. The van der Waals surface area contributed by atoms with Gasteiger partial charge in [-0.25, -0.2) is 15.0 Å². The number of carbonyl (C=O) groups excluding carboxylic acids is 1. The maximum absolute atomic E-state index is 12.3. The minimum atomic E-state index is 0.0431. The zero-order chi connectivity index (χ0) is 23.8. The molecule has 0 saturated carbocycles. The molecular formula is C23H27ClN6O3S. The number of hydrogen-bond acceptors (Lipinski definition) is 8. The van der Waals surface area contributed by atoms with Crippen molar-refractivity contribution in [1.82, 2.24) is 24.4 Å². The number of hydrogen-bond donors (Lipinski definition) is 1. The number of amides is 1. The zero-order valence-electron chi connectivity index (χ0n) is 19.2. The maximum atomic E-state index is 12.3. The number of aromatic nitrogens is 4. The van der Waals surface area contributed by atoms with Gasteiger partial charge in [-0.3, -0.25) is 4.79 Å². The quantitative estimate of drug-likeness (QED) is 0.533. The number of ether oxygens (including phenoxy) is 2. The Hall–Kier alpha value is -2.72. The zero-order valence-corrected chi connectivity index (χ0v) is 20.7. The third-order valence-electron chi connectivity index (χ3n) is 6.33. The van der Waals surface area contributed by atoms with Crippen LogP contribution in [0.2, 0.25) is 5.02 Å². The van der Waals surface area contributed by atoms with E-state index in [0.29, 0.717) is 39.4 Å². The Morgan fingerprint density at radius 2 is 1.97 bits per heavy atom. The average molecular weight is 503 g/mol. The molecular weight excluding hydrogens is 476 g/mol. The molecule has 34 heavy (non-hydrogen) atoms. The summed E-state index contributed by atoms with van der Waals surface area (Å²) < 4.78 is 13.0. The van der Waals surface area contributed by atoms with Gasteiger partial charge in [0.1, 0.15) is 6.33 Å². The lowest BCUT2D eigenvalue weighted by molar-refractivity contribution is -0.135. The fraction of sp³-hybridized carbons (Fsp3) is 0.478. The van der Waals surface area contributed by atoms with Crippen molar-refractivity contribution in [3.63, 3.8) is 0 Å². The third kappa shape index (κ3) is 4.48. The first-order valence-electron chi connectivity index (χ1n) is 11.4. The summed E-state index contributed by atoms with van der Waals surface area (Å²) in [6.45, 7) is 6.47. The first kappa shape index (κ1) is 23.0. The van der Waals surface area contributed by atoms with Gasteiger partial charge in [-0.15, -0.1) is 0 Å². The molecule has 0 radical (unpaired) electrons. The van der Waals surface area contributed by atoms with E-state index in [-0.39, 0.29) is 18.6 Å². The standard InChI is InChI=1S/C23H27ClN6O3S/c1-13(2)22(31)29-6-3-14(4-7-29)5-8-30-21-19(20(25)26-11-27-21)28-23(30)34-18-10-17-16(9-15(18)24)32-12-33-17/h9-11,13-14H,3-8,12H2,1-2H3,(H2,25,26,27). The molecule has 0 atom stereocenters. The van der Waals surface area contributed by atoms with Crippen LogP contribution in [-0.2, 0) is 11.3 Å². The highest BCUT2D eigenvalue weighted by atomic mass is 35.5. The van der Waals surface area contributed by atoms with E-state index in [1.54, 1.807) is 6.07 Å². The molecule has 0 unspecified atom stereocenters. The highest BCUT2D eigenvalue weighted by Crippen LogP contribution is 2.43. The Labute approximate surface area is 207 Å². The van der Waals surface area contributed by atoms with Crippen LogP contribution < -0.4 is 15.2 Å². The third-order valence-corrected chi connectivity index (χ3v) is 7.81. The van der Waals surface area contributed by atoms with E-state index in [9.17, 15) is 4.79 Å². The summed E-state index contributed by atoms with van der Waals surface area (Å²) in [5.74, 6) is 2.46. The number of benzene rings is 1. The predicted octanol–water partition coefficient (Wildman–Crippen LogP) is 4.23. The molecule has 11 heteroatoms. The molecule has 1 aromatic carbocycles. The number of rotatable bonds is 6. The number of piperidine rings is 1. The average Bonchev–Trinajstić information content (AvgIpc) is 3.42. The van der Waals surface area contributed by atoms with E-state index in [2.05, 4.69) is 14.5 Å². The van der Waals surface area contributed by atoms with E-state index in [4.69, 9.17) is 31.8 Å². The van der Waals surface area contributed by atoms with Gasteiger partial charge in [-0.2, -0.15) is 0 Å². The molecule has 4 heterocycles. The number of anilines is 1. The van der Waals surface area contributed by atoms with Crippen LogP contribution in [0.3, 0.4) is 0 Å². The molecule has 0 aliphatic carbocycles. The lowest BCUT2D eigenvalue weighted by Crippen LogP contribution is -2.40. The number of nitrogen functional groups attached to an aromatic ring is 1. The van der Waals surface area contributed by atoms with Crippen LogP contribution in [-0.4, -0.2) is 50.2 Å². The largest absolute Gasteiger partial charge is 0.454 e. The molecule has 1 saturated heterocycles. The van der Waals surface area contributed by atoms with Crippen LogP contribution in [0, 0.1) is 11.8 Å². The summed E-state index contributed by atoms with van der Waals surface area (Å²) in [5, 5.41) is 1.31. The number of likely N-dealkylation sites (tertiary alicyclic amines) is 1. The molecule has 2 aromatic heterocycles. The van der Waals surface area contributed by atoms with E-state index in [0.717, 1.165) is 48.9 Å². The van der Waals surface area contributed by atoms with Crippen molar-refractivity contribution < 1.29 is 14.3 Å². The number of carbonyl (C=O) groups is 1. The molecule has 1 amide bonds. The number of nitrogens with zero attached hydrogens (tertiary/aromatic N) is 5. The first-order valence-corrected chi connectivity index (χ1v) is 12.6. The first-order chi connectivity index (χ1) is 16.4. The van der Waals surface area contributed by atoms with Crippen molar-refractivity contribution in [2.75, 3.05) is 25.6 Å². The fourth-order valence-electron chi connectivity index (χ4n) is 4.41. The lowest BCUT2D eigenvalue weighted by Gasteiger charge is -2.33. The number of imidazole rings is 1. The van der Waals surface area contributed by atoms with Crippen molar-refractivity contribution >= 4 is 46.3 Å². The second-order valence-corrected chi connectivity index (χ2v) is 10.3. The Morgan fingerprint density at radius 1 is 1.24 bits per heavy atom. The topological polar surface area (TPSA) is 108 Å². The van der Waals surface area contributed by atoms with Crippen molar-refractivity contribution in [2.45, 2.75) is 49.7 Å². The van der Waals surface area contributed by atoms with E-state index in [1.165, 1.54) is 18.1 Å². The monoisotopic (exact) mass is 502 g/mol. The van der Waals surface area contributed by atoms with E-state index < -0.39 is 0 Å². The molecule has 1 fully saturated rings. The van der Waals surface area contributed by atoms with Crippen LogP contribution in [0.5, 0.6) is 11.5 Å². The predicted molar refractivity (Wildman–Crippen MR) is 130 cm³/mol. The van der Waals surface area contributed by atoms with Gasteiger partial charge >= 0.3 is 0 Å². The Balaban J connectivity index is 1.36. The minimum absolute atomic E-state index is 0.0431. The van der Waals surface area contributed by atoms with Gasteiger partial charge in [0.2, 0.25) is 12.7 Å². The van der Waals surface area contributed by atoms with Gasteiger partial charge in [0.05, 0.1) is 5.02 Å². The van der Waals surface area contributed by atoms with Gasteiger partial charge in [0, 0.05) is 36.5 Å². The number of nitrogens with two attached hydrogens (primary N) is 1. The summed E-state index contributed by atoms with van der Waals surface area (Å²) in [6, 6.07) is 3.63. The van der Waals surface area contributed by atoms with Crippen LogP contribution in [0.25, 0.3) is 11.2 Å². The van der Waals surface area contributed by atoms with Gasteiger partial charge in [0.25, 0.3) is 0 Å². The van der Waals surface area contributed by atoms with Crippen molar-refractivity contribution in [3.05, 3.63) is 23.5 Å². The SMILES string of the molecule is CC(C)C(=O)N1CCC(CCn2c(Sc3cc4c(cc3Cl)OCO4)nc3c(N)ncnc32)CC1. The molecule has 2 aliphatic rings. The Kier molecular flexibility index (Phi) is 6.44. The summed E-state index contributed by atoms with van der Waals surface area (Å²) in [5.41, 5.74) is 7.40. The van der Waals surface area contributed by atoms with Gasteiger partial charge in [0.15, 0.2) is 33.6 Å². The second kappa shape index (κ2) is 9.50. The van der Waals surface area contributed by atoms with Crippen molar-refractivity contribution in [3.8, 4) is 11.5 Å². The van der Waals surface area contributed by atoms with Gasteiger partial charge in [-0.05, 0) is 43.0 Å². The van der Waals surface area contributed by atoms with Crippen LogP contribution in [0.4, 0.5) is 5.82 Å². The molecule has 2 N–H and O–H groups in total. The molecule has 2 aliphatic heterocycles. The highest BCUT2D eigenvalue weighted by Gasteiger charge is 2.25. The number of halogens is 1. The van der Waals surface area contributed by atoms with Crippen LogP contribution in [0.15, 0.2) is 28.5 Å². The van der Waals surface area contributed by atoms with E-state index >= 15 is 0 Å². The van der Waals surface area contributed by atoms with Crippen molar-refractivity contribution in [2.24, 2.45) is 11.8 Å². The summed E-state index contributed by atoms with van der Waals surface area (Å²) in [6.07, 6.45) is 4.42. The molecule has 0 bridgehead atoms. The minimum Gasteiger partial charge on any atom is -0.454 e. The maximum Gasteiger partial charge on any atom is 0.231 e. The van der Waals surface area contributed by atoms with Crippen LogP contribution >= 0.6 is 23.4 Å². The van der Waals surface area contributed by atoms with Gasteiger partial charge < -0.3 is 24.7 Å². The van der Waals surface area contributed by atoms with Crippen LogP contribution in [0.1, 0.15) is 33.1 Å². The molecule has 5 rings (SSSR count). The highest BCUT2D eigenvalue weighted by molar-refractivity contribution is 7.99. The second-order valence-electron chi connectivity index (χ2n) is 8.93. The van der Waals surface area contributed by atoms with Gasteiger partial charge in [-0.1, -0.05) is 25.4 Å². The molecule has 3 aromatic rings. The molecule has 0 spiro atoms. The summed E-state index contributed by atoms with van der Waals surface area (Å²) in [7, 11) is 0. The molecule has 9 nitrogen and oxygen atoms in total. The van der Waals surface area contributed by atoms with E-state index in [1.807, 2.05) is 24.8 Å². The number of fused-ring (bicyclic) bond motifs is 2. The summed E-state index contributed by atoms with van der Waals surface area (Å²) >= 11 is 7.97. The number of aryl methyl sites for hydroxylation is 1. The molecule has 180 valence electrons. The Morgan fingerprint density at radius 3 is 2.71 bits per heavy atom.